The second kappa shape index (κ2) is 14.0. The smallest absolute Gasteiger partial charge is 0.243 e. The molecule has 3 atom stereocenters. The van der Waals surface area contributed by atoms with E-state index in [0.29, 0.717) is 30.9 Å². The zero-order chi connectivity index (χ0) is 28.7. The van der Waals surface area contributed by atoms with Crippen molar-refractivity contribution in [3.63, 3.8) is 0 Å². The normalized spacial score (nSPS) is 20.9. The van der Waals surface area contributed by atoms with Crippen molar-refractivity contribution < 1.29 is 27.1 Å². The Bertz CT molecular complexity index is 1250. The standard InChI is InChI=1S/C28H39FN4O5S2/c1-19-5-7-21(24(29)14-19)18-38-22-15-26(27(34)31-16-23-4-3-13-39-23)33(17-22)28(35)25(32-40(2,36)37)8-6-20-9-11-30-12-10-20/h3-5,7,13-14,20,22,25-26,30,32H,6,8-12,15-18H2,1-2H3,(H,31,34)/t22-,25-,26+/m1/s1. The highest BCUT2D eigenvalue weighted by molar-refractivity contribution is 7.88. The zero-order valence-corrected chi connectivity index (χ0v) is 24.7. The Hall–Kier alpha value is -2.38. The van der Waals surface area contributed by atoms with E-state index in [2.05, 4.69) is 15.4 Å². The summed E-state index contributed by atoms with van der Waals surface area (Å²) in [6, 6.07) is 6.91. The topological polar surface area (TPSA) is 117 Å². The molecule has 2 amide bonds. The van der Waals surface area contributed by atoms with Gasteiger partial charge in [-0.15, -0.1) is 11.3 Å². The summed E-state index contributed by atoms with van der Waals surface area (Å²) in [6.45, 7) is 4.06. The third-order valence-corrected chi connectivity index (χ3v) is 9.11. The van der Waals surface area contributed by atoms with Gasteiger partial charge in [0.05, 0.1) is 25.5 Å². The molecule has 1 aromatic heterocycles. The molecule has 0 bridgehead atoms. The minimum atomic E-state index is -3.68. The van der Waals surface area contributed by atoms with E-state index in [9.17, 15) is 22.4 Å². The Labute approximate surface area is 239 Å². The van der Waals surface area contributed by atoms with Crippen molar-refractivity contribution in [2.24, 2.45) is 5.92 Å². The lowest BCUT2D eigenvalue weighted by atomic mass is 9.91. The third-order valence-electron chi connectivity index (χ3n) is 7.53. The summed E-state index contributed by atoms with van der Waals surface area (Å²) in [5.41, 5.74) is 1.20. The lowest BCUT2D eigenvalue weighted by molar-refractivity contribution is -0.140. The lowest BCUT2D eigenvalue weighted by Gasteiger charge is -2.29. The van der Waals surface area contributed by atoms with Gasteiger partial charge in [0.1, 0.15) is 17.9 Å². The average molecular weight is 595 g/mol. The number of rotatable bonds is 12. The number of thiophene rings is 1. The fraction of sp³-hybridized carbons (Fsp3) is 0.571. The third kappa shape index (κ3) is 8.81. The van der Waals surface area contributed by atoms with Gasteiger partial charge in [0.25, 0.3) is 0 Å². The molecule has 4 rings (SSSR count). The van der Waals surface area contributed by atoms with Crippen molar-refractivity contribution in [2.75, 3.05) is 25.9 Å². The van der Waals surface area contributed by atoms with Crippen LogP contribution in [0.5, 0.6) is 0 Å². The second-order valence-corrected chi connectivity index (χ2v) is 13.6. The minimum absolute atomic E-state index is 0.00305. The number of likely N-dealkylation sites (tertiary alicyclic amines) is 1. The van der Waals surface area contributed by atoms with E-state index in [0.717, 1.165) is 42.6 Å². The number of hydrogen-bond donors (Lipinski definition) is 3. The second-order valence-electron chi connectivity index (χ2n) is 10.8. The summed E-state index contributed by atoms with van der Waals surface area (Å²) < 4.78 is 47.3. The maximum Gasteiger partial charge on any atom is 0.243 e. The van der Waals surface area contributed by atoms with Crippen LogP contribution in [0, 0.1) is 18.7 Å². The van der Waals surface area contributed by atoms with Gasteiger partial charge >= 0.3 is 0 Å². The van der Waals surface area contributed by atoms with Crippen LogP contribution in [0.4, 0.5) is 4.39 Å². The van der Waals surface area contributed by atoms with Gasteiger partial charge in [0, 0.05) is 23.4 Å². The maximum atomic E-state index is 14.4. The van der Waals surface area contributed by atoms with Crippen molar-refractivity contribution in [2.45, 2.75) is 70.4 Å². The van der Waals surface area contributed by atoms with Crippen LogP contribution in [-0.2, 0) is 37.5 Å². The highest BCUT2D eigenvalue weighted by Gasteiger charge is 2.42. The van der Waals surface area contributed by atoms with E-state index in [1.54, 1.807) is 19.1 Å². The average Bonchev–Trinajstić information content (AvgIpc) is 3.59. The highest BCUT2D eigenvalue weighted by Crippen LogP contribution is 2.26. The Morgan fingerprint density at radius 3 is 2.70 bits per heavy atom. The van der Waals surface area contributed by atoms with Gasteiger partial charge in [0.15, 0.2) is 0 Å². The highest BCUT2D eigenvalue weighted by atomic mass is 32.2. The SMILES string of the molecule is Cc1ccc(CO[C@@H]2C[C@@H](C(=O)NCc3cccs3)N(C(=O)[C@@H](CCC3CCNCC3)NS(C)(=O)=O)C2)c(F)c1. The molecule has 3 N–H and O–H groups in total. The number of hydrogen-bond acceptors (Lipinski definition) is 7. The Morgan fingerprint density at radius 2 is 2.02 bits per heavy atom. The predicted octanol–water partition coefficient (Wildman–Crippen LogP) is 2.70. The van der Waals surface area contributed by atoms with Gasteiger partial charge in [-0.1, -0.05) is 18.2 Å². The van der Waals surface area contributed by atoms with Gasteiger partial charge in [0.2, 0.25) is 21.8 Å². The molecule has 220 valence electrons. The first-order valence-electron chi connectivity index (χ1n) is 13.7. The van der Waals surface area contributed by atoms with E-state index in [-0.39, 0.29) is 31.3 Å². The van der Waals surface area contributed by atoms with E-state index < -0.39 is 34.1 Å². The van der Waals surface area contributed by atoms with Crippen LogP contribution < -0.4 is 15.4 Å². The number of halogens is 1. The fourth-order valence-electron chi connectivity index (χ4n) is 5.36. The fourth-order valence-corrected chi connectivity index (χ4v) is 6.74. The minimum Gasteiger partial charge on any atom is -0.371 e. The number of nitrogens with one attached hydrogen (secondary N) is 3. The number of sulfonamides is 1. The molecule has 9 nitrogen and oxygen atoms in total. The molecule has 1 aromatic carbocycles. The van der Waals surface area contributed by atoms with E-state index >= 15 is 0 Å². The zero-order valence-electron chi connectivity index (χ0n) is 23.0. The van der Waals surface area contributed by atoms with E-state index in [4.69, 9.17) is 4.74 Å². The summed E-state index contributed by atoms with van der Waals surface area (Å²) in [7, 11) is -3.68. The van der Waals surface area contributed by atoms with Gasteiger partial charge in [-0.05, 0) is 74.7 Å². The maximum absolute atomic E-state index is 14.4. The first kappa shape index (κ1) is 30.6. The van der Waals surface area contributed by atoms with Crippen LogP contribution in [0.1, 0.15) is 48.1 Å². The van der Waals surface area contributed by atoms with E-state index in [1.807, 2.05) is 17.5 Å². The number of piperidine rings is 1. The quantitative estimate of drug-likeness (QED) is 0.348. The molecular weight excluding hydrogens is 555 g/mol. The molecule has 12 heteroatoms. The molecule has 2 saturated heterocycles. The van der Waals surface area contributed by atoms with Gasteiger partial charge in [-0.25, -0.2) is 17.5 Å². The van der Waals surface area contributed by atoms with Crippen LogP contribution in [0.25, 0.3) is 0 Å². The first-order valence-corrected chi connectivity index (χ1v) is 16.5. The Morgan fingerprint density at radius 1 is 1.25 bits per heavy atom. The summed E-state index contributed by atoms with van der Waals surface area (Å²) >= 11 is 1.52. The Kier molecular flexibility index (Phi) is 10.7. The number of aryl methyl sites for hydroxylation is 1. The molecule has 0 saturated carbocycles. The van der Waals surface area contributed by atoms with E-state index in [1.165, 1.54) is 22.3 Å². The molecular formula is C28H39FN4O5S2. The summed E-state index contributed by atoms with van der Waals surface area (Å²) in [5.74, 6) is -0.734. The number of amides is 2. The van der Waals surface area contributed by atoms with Crippen LogP contribution in [0.15, 0.2) is 35.7 Å². The van der Waals surface area contributed by atoms with Crippen molar-refractivity contribution in [1.29, 1.82) is 0 Å². The molecule has 40 heavy (non-hydrogen) atoms. The summed E-state index contributed by atoms with van der Waals surface area (Å²) in [4.78, 5) is 29.6. The van der Waals surface area contributed by atoms with Crippen LogP contribution in [0.2, 0.25) is 0 Å². The van der Waals surface area contributed by atoms with Crippen LogP contribution in [-0.4, -0.2) is 69.2 Å². The Balaban J connectivity index is 1.48. The molecule has 2 aliphatic heterocycles. The van der Waals surface area contributed by atoms with Crippen LogP contribution in [0.3, 0.4) is 0 Å². The molecule has 2 aliphatic rings. The van der Waals surface area contributed by atoms with Crippen molar-refractivity contribution in [3.8, 4) is 0 Å². The molecule has 2 fully saturated rings. The largest absolute Gasteiger partial charge is 0.371 e. The molecule has 3 heterocycles. The first-order chi connectivity index (χ1) is 19.1. The molecule has 0 radical (unpaired) electrons. The number of carbonyl (C=O) groups is 2. The van der Waals surface area contributed by atoms with Crippen molar-refractivity contribution in [3.05, 3.63) is 57.5 Å². The van der Waals surface area contributed by atoms with Gasteiger partial charge in [-0.2, -0.15) is 0 Å². The van der Waals surface area contributed by atoms with Crippen molar-refractivity contribution in [1.82, 2.24) is 20.3 Å². The summed E-state index contributed by atoms with van der Waals surface area (Å²) in [5, 5.41) is 8.15. The van der Waals surface area contributed by atoms with Crippen molar-refractivity contribution >= 4 is 33.2 Å². The monoisotopic (exact) mass is 594 g/mol. The molecule has 0 unspecified atom stereocenters. The predicted molar refractivity (Wildman–Crippen MR) is 153 cm³/mol. The molecule has 0 aliphatic carbocycles. The summed E-state index contributed by atoms with van der Waals surface area (Å²) in [6.07, 6.45) is 3.76. The number of benzene rings is 1. The molecule has 2 aromatic rings. The lowest BCUT2D eigenvalue weighted by Crippen LogP contribution is -2.53. The number of carbonyl (C=O) groups excluding carboxylic acids is 2. The van der Waals surface area contributed by atoms with Crippen LogP contribution >= 0.6 is 11.3 Å². The van der Waals surface area contributed by atoms with Gasteiger partial charge < -0.3 is 20.3 Å². The molecule has 0 spiro atoms. The number of nitrogens with zero attached hydrogens (tertiary/aromatic N) is 1. The van der Waals surface area contributed by atoms with Gasteiger partial charge in [-0.3, -0.25) is 9.59 Å². The number of ether oxygens (including phenoxy) is 1.